The van der Waals surface area contributed by atoms with Crippen LogP contribution in [-0.4, -0.2) is 13.0 Å². The Labute approximate surface area is 174 Å². The number of amides is 1. The standard InChI is InChI=1S/C24H19FN2O3/c1-29-23-13-7-5-11-21(23)27-24(28)19(15-26)14-17-8-3-6-12-22(17)30-16-18-9-2-4-10-20(18)25/h2-14H,16H2,1H3,(H,27,28)/b19-14+. The number of methoxy groups -OCH3 is 1. The molecule has 0 aliphatic heterocycles. The minimum atomic E-state index is -0.578. The fraction of sp³-hybridized carbons (Fsp3) is 0.0833. The molecule has 0 radical (unpaired) electrons. The van der Waals surface area contributed by atoms with Crippen LogP contribution in [0.4, 0.5) is 10.1 Å². The Kier molecular flexibility index (Phi) is 6.80. The number of nitriles is 1. The highest BCUT2D eigenvalue weighted by Gasteiger charge is 2.13. The van der Waals surface area contributed by atoms with E-state index in [1.54, 1.807) is 66.7 Å². The minimum absolute atomic E-state index is 0.0207. The monoisotopic (exact) mass is 402 g/mol. The van der Waals surface area contributed by atoms with Gasteiger partial charge in [-0.15, -0.1) is 0 Å². The first-order valence-electron chi connectivity index (χ1n) is 9.13. The van der Waals surface area contributed by atoms with Gasteiger partial charge in [0.2, 0.25) is 0 Å². The van der Waals surface area contributed by atoms with Gasteiger partial charge in [0, 0.05) is 11.1 Å². The van der Waals surface area contributed by atoms with Crippen molar-refractivity contribution in [2.45, 2.75) is 6.61 Å². The highest BCUT2D eigenvalue weighted by Crippen LogP contribution is 2.25. The molecule has 150 valence electrons. The Balaban J connectivity index is 1.81. The Morgan fingerprint density at radius 3 is 2.43 bits per heavy atom. The second-order valence-electron chi connectivity index (χ2n) is 6.24. The van der Waals surface area contributed by atoms with Crippen molar-refractivity contribution in [3.63, 3.8) is 0 Å². The zero-order valence-electron chi connectivity index (χ0n) is 16.3. The fourth-order valence-corrected chi connectivity index (χ4v) is 2.74. The van der Waals surface area contributed by atoms with Gasteiger partial charge in [0.1, 0.15) is 35.6 Å². The average Bonchev–Trinajstić information content (AvgIpc) is 2.78. The topological polar surface area (TPSA) is 71.3 Å². The van der Waals surface area contributed by atoms with Crippen molar-refractivity contribution in [3.8, 4) is 17.6 Å². The van der Waals surface area contributed by atoms with Gasteiger partial charge in [0.05, 0.1) is 12.8 Å². The van der Waals surface area contributed by atoms with E-state index in [-0.39, 0.29) is 18.0 Å². The van der Waals surface area contributed by atoms with E-state index in [0.717, 1.165) is 0 Å². The number of carbonyl (C=O) groups is 1. The van der Waals surface area contributed by atoms with Crippen molar-refractivity contribution in [2.24, 2.45) is 0 Å². The first-order valence-corrected chi connectivity index (χ1v) is 9.13. The number of hydrogen-bond acceptors (Lipinski definition) is 4. The van der Waals surface area contributed by atoms with E-state index in [0.29, 0.717) is 28.3 Å². The maximum atomic E-state index is 13.8. The third-order valence-electron chi connectivity index (χ3n) is 4.28. The maximum Gasteiger partial charge on any atom is 0.266 e. The molecule has 0 heterocycles. The molecule has 1 amide bonds. The third kappa shape index (κ3) is 5.03. The number of carbonyl (C=O) groups excluding carboxylic acids is 1. The molecule has 3 aromatic carbocycles. The first kappa shape index (κ1) is 20.6. The van der Waals surface area contributed by atoms with Gasteiger partial charge < -0.3 is 14.8 Å². The zero-order chi connectivity index (χ0) is 21.3. The van der Waals surface area contributed by atoms with Crippen LogP contribution in [0.5, 0.6) is 11.5 Å². The van der Waals surface area contributed by atoms with E-state index < -0.39 is 5.91 Å². The molecule has 5 nitrogen and oxygen atoms in total. The van der Waals surface area contributed by atoms with Gasteiger partial charge in [-0.2, -0.15) is 5.26 Å². The van der Waals surface area contributed by atoms with Crippen LogP contribution >= 0.6 is 0 Å². The smallest absolute Gasteiger partial charge is 0.266 e. The summed E-state index contributed by atoms with van der Waals surface area (Å²) in [5, 5.41) is 12.2. The number of para-hydroxylation sites is 3. The van der Waals surface area contributed by atoms with Crippen molar-refractivity contribution < 1.29 is 18.7 Å². The normalized spacial score (nSPS) is 10.8. The van der Waals surface area contributed by atoms with Crippen LogP contribution < -0.4 is 14.8 Å². The number of halogens is 1. The molecule has 6 heteroatoms. The van der Waals surface area contributed by atoms with E-state index in [1.807, 2.05) is 6.07 Å². The van der Waals surface area contributed by atoms with Crippen LogP contribution in [0.2, 0.25) is 0 Å². The van der Waals surface area contributed by atoms with Gasteiger partial charge in [0.15, 0.2) is 0 Å². The van der Waals surface area contributed by atoms with Crippen molar-refractivity contribution in [1.82, 2.24) is 0 Å². The highest BCUT2D eigenvalue weighted by atomic mass is 19.1. The number of nitrogens with one attached hydrogen (secondary N) is 1. The Hall–Kier alpha value is -4.11. The molecule has 30 heavy (non-hydrogen) atoms. The Morgan fingerprint density at radius 1 is 1.03 bits per heavy atom. The number of anilines is 1. The predicted octanol–water partition coefficient (Wildman–Crippen LogP) is 4.96. The highest BCUT2D eigenvalue weighted by molar-refractivity contribution is 6.10. The lowest BCUT2D eigenvalue weighted by Crippen LogP contribution is -2.14. The molecule has 0 unspecified atom stereocenters. The molecule has 0 aromatic heterocycles. The summed E-state index contributed by atoms with van der Waals surface area (Å²) >= 11 is 0. The lowest BCUT2D eigenvalue weighted by atomic mass is 10.1. The Morgan fingerprint density at radius 2 is 1.70 bits per heavy atom. The van der Waals surface area contributed by atoms with E-state index in [4.69, 9.17) is 9.47 Å². The van der Waals surface area contributed by atoms with Crippen molar-refractivity contribution in [3.05, 3.63) is 95.3 Å². The number of benzene rings is 3. The quantitative estimate of drug-likeness (QED) is 0.448. The van der Waals surface area contributed by atoms with Gasteiger partial charge in [-0.05, 0) is 30.3 Å². The molecule has 1 N–H and O–H groups in total. The Bertz CT molecular complexity index is 1120. The summed E-state index contributed by atoms with van der Waals surface area (Å²) in [6, 6.07) is 22.1. The second-order valence-corrected chi connectivity index (χ2v) is 6.24. The molecular weight excluding hydrogens is 383 g/mol. The van der Waals surface area contributed by atoms with Gasteiger partial charge >= 0.3 is 0 Å². The summed E-state index contributed by atoms with van der Waals surface area (Å²) in [6.45, 7) is 0.0207. The molecule has 0 spiro atoms. The largest absolute Gasteiger partial charge is 0.495 e. The van der Waals surface area contributed by atoms with Crippen LogP contribution in [0.3, 0.4) is 0 Å². The van der Waals surface area contributed by atoms with E-state index in [2.05, 4.69) is 5.32 Å². The lowest BCUT2D eigenvalue weighted by molar-refractivity contribution is -0.112. The second kappa shape index (κ2) is 9.89. The summed E-state index contributed by atoms with van der Waals surface area (Å²) in [5.74, 6) is -0.0271. The number of hydrogen-bond donors (Lipinski definition) is 1. The molecule has 0 saturated heterocycles. The van der Waals surface area contributed by atoms with Gasteiger partial charge in [-0.1, -0.05) is 48.5 Å². The van der Waals surface area contributed by atoms with Crippen molar-refractivity contribution in [2.75, 3.05) is 12.4 Å². The average molecular weight is 402 g/mol. The van der Waals surface area contributed by atoms with E-state index in [9.17, 15) is 14.4 Å². The van der Waals surface area contributed by atoms with E-state index >= 15 is 0 Å². The number of ether oxygens (including phenoxy) is 2. The molecule has 0 saturated carbocycles. The zero-order valence-corrected chi connectivity index (χ0v) is 16.3. The molecule has 3 rings (SSSR count). The summed E-state index contributed by atoms with van der Waals surface area (Å²) in [7, 11) is 1.50. The van der Waals surface area contributed by atoms with Crippen molar-refractivity contribution in [1.29, 1.82) is 5.26 Å². The summed E-state index contributed by atoms with van der Waals surface area (Å²) in [5.41, 5.74) is 1.28. The summed E-state index contributed by atoms with van der Waals surface area (Å²) in [4.78, 5) is 12.6. The third-order valence-corrected chi connectivity index (χ3v) is 4.28. The lowest BCUT2D eigenvalue weighted by Gasteiger charge is -2.11. The van der Waals surface area contributed by atoms with Gasteiger partial charge in [0.25, 0.3) is 5.91 Å². The van der Waals surface area contributed by atoms with Crippen LogP contribution in [0.25, 0.3) is 6.08 Å². The molecule has 0 bridgehead atoms. The maximum absolute atomic E-state index is 13.8. The predicted molar refractivity (Wildman–Crippen MR) is 112 cm³/mol. The summed E-state index contributed by atoms with van der Waals surface area (Å²) in [6.07, 6.45) is 1.43. The molecular formula is C24H19FN2O3. The van der Waals surface area contributed by atoms with Crippen molar-refractivity contribution >= 4 is 17.7 Å². The molecule has 0 atom stereocenters. The summed E-state index contributed by atoms with van der Waals surface area (Å²) < 4.78 is 24.8. The molecule has 0 fully saturated rings. The van der Waals surface area contributed by atoms with Crippen LogP contribution in [0.15, 0.2) is 78.4 Å². The number of nitrogens with zero attached hydrogens (tertiary/aromatic N) is 1. The van der Waals surface area contributed by atoms with Gasteiger partial charge in [-0.3, -0.25) is 4.79 Å². The van der Waals surface area contributed by atoms with Crippen LogP contribution in [-0.2, 0) is 11.4 Å². The van der Waals surface area contributed by atoms with Crippen LogP contribution in [0, 0.1) is 17.1 Å². The minimum Gasteiger partial charge on any atom is -0.495 e. The van der Waals surface area contributed by atoms with E-state index in [1.165, 1.54) is 19.3 Å². The molecule has 0 aliphatic rings. The molecule has 3 aromatic rings. The molecule has 0 aliphatic carbocycles. The van der Waals surface area contributed by atoms with Gasteiger partial charge in [-0.25, -0.2) is 4.39 Å². The number of rotatable bonds is 7. The fourth-order valence-electron chi connectivity index (χ4n) is 2.74. The SMILES string of the molecule is COc1ccccc1NC(=O)/C(C#N)=C/c1ccccc1OCc1ccccc1F. The first-order chi connectivity index (χ1) is 14.6. The van der Waals surface area contributed by atoms with Crippen LogP contribution in [0.1, 0.15) is 11.1 Å².